The normalized spacial score (nSPS) is 10.3. The van der Waals surface area contributed by atoms with E-state index in [1.807, 2.05) is 0 Å². The van der Waals surface area contributed by atoms with Crippen LogP contribution in [0.3, 0.4) is 0 Å². The average Bonchev–Trinajstić information content (AvgIpc) is 1.21. The summed E-state index contributed by atoms with van der Waals surface area (Å²) in [7, 11) is -2.78. The number of hydrogen-bond acceptors (Lipinski definition) is 3. The van der Waals surface area contributed by atoms with Gasteiger partial charge in [-0.15, -0.1) is 13.2 Å². The zero-order chi connectivity index (χ0) is 6.78. The fourth-order valence-electron chi connectivity index (χ4n) is 0.120. The van der Waals surface area contributed by atoms with Gasteiger partial charge in [-0.25, -0.2) is 0 Å². The minimum atomic E-state index is -4.98. The van der Waals surface area contributed by atoms with Crippen LogP contribution < -0.4 is 0 Å². The van der Waals surface area contributed by atoms with Crippen LogP contribution in [0.15, 0.2) is 0 Å². The summed E-state index contributed by atoms with van der Waals surface area (Å²) in [6.45, 7) is 0. The van der Waals surface area contributed by atoms with Crippen molar-refractivity contribution in [3.8, 4) is 0 Å². The van der Waals surface area contributed by atoms with E-state index >= 15 is 0 Å². The molecule has 0 aliphatic carbocycles. The van der Waals surface area contributed by atoms with E-state index in [1.54, 1.807) is 0 Å². The molecule has 0 unspecified atom stereocenters. The van der Waals surface area contributed by atoms with Gasteiger partial charge in [0.15, 0.2) is 0 Å². The molecule has 0 saturated carbocycles. The molecule has 49 valence electrons. The van der Waals surface area contributed by atoms with Crippen molar-refractivity contribution in [1.29, 1.82) is 0 Å². The van der Waals surface area contributed by atoms with Crippen molar-refractivity contribution in [3.63, 3.8) is 0 Å². The Hall–Kier alpha value is 1.37. The third kappa shape index (κ3) is 12.5. The molecule has 1 radical (unpaired) electrons. The summed E-state index contributed by atoms with van der Waals surface area (Å²) in [6, 6.07) is 0. The first-order valence-electron chi connectivity index (χ1n) is 1.52. The third-order valence-electron chi connectivity index (χ3n) is 0.239. The van der Waals surface area contributed by atoms with E-state index in [0.29, 0.717) is 0 Å². The van der Waals surface area contributed by atoms with Crippen LogP contribution in [0, 0.1) is 0 Å². The molecule has 0 atom stereocenters. The van der Waals surface area contributed by atoms with Crippen molar-refractivity contribution in [1.82, 2.24) is 0 Å². The van der Waals surface area contributed by atoms with E-state index < -0.39 is 13.7 Å². The van der Waals surface area contributed by atoms with Gasteiger partial charge in [0, 0.05) is 51.4 Å². The van der Waals surface area contributed by atoms with E-state index in [2.05, 4.69) is 4.65 Å². The van der Waals surface area contributed by atoms with Crippen LogP contribution in [0.25, 0.3) is 0 Å². The van der Waals surface area contributed by atoms with Gasteiger partial charge in [0.1, 0.15) is 0 Å². The fourth-order valence-corrected chi connectivity index (χ4v) is 0.120. The Morgan fingerprint density at radius 2 is 1.56 bits per heavy atom. The average molecular weight is 169 g/mol. The first kappa shape index (κ1) is 13.0. The van der Waals surface area contributed by atoms with Gasteiger partial charge < -0.3 is 10.0 Å². The van der Waals surface area contributed by atoms with Crippen LogP contribution >= 0.6 is 0 Å². The van der Waals surface area contributed by atoms with Gasteiger partial charge in [-0.05, 0) is 0 Å². The fraction of sp³-hybridized carbons (Fsp3) is 1.00. The van der Waals surface area contributed by atoms with E-state index in [4.69, 9.17) is 10.0 Å². The Bertz CT molecular complexity index is 73.9. The molecule has 0 aliphatic heterocycles. The van der Waals surface area contributed by atoms with Crippen LogP contribution in [0.5, 0.6) is 0 Å². The van der Waals surface area contributed by atoms with Crippen molar-refractivity contribution >= 4 is 58.7 Å². The molecule has 0 aromatic rings. The topological polar surface area (TPSA) is 49.7 Å². The molecule has 0 aromatic carbocycles. The molecular weight excluding hydrogens is 167 g/mol. The summed E-state index contributed by atoms with van der Waals surface area (Å²) >= 11 is 0. The van der Waals surface area contributed by atoms with Crippen LogP contribution in [-0.4, -0.2) is 75.1 Å². The Kier molecular flexibility index (Phi) is 7.33. The molecule has 9 heavy (non-hydrogen) atoms. The zero-order valence-corrected chi connectivity index (χ0v) is 7.64. The first-order chi connectivity index (χ1) is 3.42. The molecule has 3 nitrogen and oxygen atoms in total. The minimum Gasteiger partial charge on any atom is -0.402 e. The monoisotopic (exact) mass is 169 g/mol. The van der Waals surface area contributed by atoms with Gasteiger partial charge in [0.05, 0.1) is 0 Å². The molecule has 0 heterocycles. The Balaban J connectivity index is 0. The summed E-state index contributed by atoms with van der Waals surface area (Å²) in [4.78, 5) is 0. The maximum atomic E-state index is 10.8. The third-order valence-corrected chi connectivity index (χ3v) is 0.239. The van der Waals surface area contributed by atoms with Crippen molar-refractivity contribution in [2.75, 3.05) is 0 Å². The molecule has 0 rings (SSSR count). The predicted molar refractivity (Wildman–Crippen MR) is 23.1 cm³/mol. The molecule has 8 heteroatoms. The summed E-state index contributed by atoms with van der Waals surface area (Å²) in [5.41, 5.74) is 0. The number of alkyl halides is 3. The maximum absolute atomic E-state index is 10.8. The second-order valence-corrected chi connectivity index (χ2v) is 0.890. The summed E-state index contributed by atoms with van der Waals surface area (Å²) in [5, 5.41) is 15.0. The van der Waals surface area contributed by atoms with Crippen molar-refractivity contribution < 1.29 is 27.9 Å². The second-order valence-electron chi connectivity index (χ2n) is 0.890. The quantitative estimate of drug-likeness (QED) is 0.500. The SMILES string of the molecule is OB(O)OC(F)(F)F.[K]. The van der Waals surface area contributed by atoms with Crippen molar-refractivity contribution in [3.05, 3.63) is 0 Å². The minimum absolute atomic E-state index is 0. The van der Waals surface area contributed by atoms with Crippen molar-refractivity contribution in [2.45, 2.75) is 6.36 Å². The van der Waals surface area contributed by atoms with Crippen LogP contribution in [-0.2, 0) is 4.65 Å². The smallest absolute Gasteiger partial charge is 0.402 e. The predicted octanol–water partition coefficient (Wildman–Crippen LogP) is -0.889. The Labute approximate surface area is 91.8 Å². The van der Waals surface area contributed by atoms with Crippen LogP contribution in [0.2, 0.25) is 0 Å². The molecule has 0 aromatic heterocycles. The molecule has 0 bridgehead atoms. The maximum Gasteiger partial charge on any atom is 0.640 e. The second kappa shape index (κ2) is 5.08. The van der Waals surface area contributed by atoms with Gasteiger partial charge in [-0.1, -0.05) is 0 Å². The van der Waals surface area contributed by atoms with Gasteiger partial charge >= 0.3 is 13.7 Å². The first-order valence-corrected chi connectivity index (χ1v) is 1.52. The molecular formula is CH2BF3KO3. The molecule has 0 spiro atoms. The van der Waals surface area contributed by atoms with E-state index in [0.717, 1.165) is 0 Å². The Morgan fingerprint density at radius 3 is 1.56 bits per heavy atom. The van der Waals surface area contributed by atoms with Crippen LogP contribution in [0.1, 0.15) is 0 Å². The summed E-state index contributed by atoms with van der Waals surface area (Å²) in [6.07, 6.45) is -4.98. The van der Waals surface area contributed by atoms with Crippen LogP contribution in [0.4, 0.5) is 13.2 Å². The molecule has 2 N–H and O–H groups in total. The molecule has 0 aliphatic rings. The summed E-state index contributed by atoms with van der Waals surface area (Å²) in [5.74, 6) is 0. The van der Waals surface area contributed by atoms with E-state index in [1.165, 1.54) is 0 Å². The van der Waals surface area contributed by atoms with Crippen molar-refractivity contribution in [2.24, 2.45) is 0 Å². The Morgan fingerprint density at radius 1 is 1.22 bits per heavy atom. The standard InChI is InChI=1S/CH2BF3O3.K/c3-1(4,5)8-2(6)7;/h6-7H;. The van der Waals surface area contributed by atoms with Gasteiger partial charge in [0.25, 0.3) is 0 Å². The number of hydrogen-bond donors (Lipinski definition) is 2. The van der Waals surface area contributed by atoms with E-state index in [9.17, 15) is 13.2 Å². The number of rotatable bonds is 1. The zero-order valence-electron chi connectivity index (χ0n) is 4.51. The largest absolute Gasteiger partial charge is 0.640 e. The summed E-state index contributed by atoms with van der Waals surface area (Å²) < 4.78 is 34.8. The number of halogens is 3. The van der Waals surface area contributed by atoms with Gasteiger partial charge in [-0.3, -0.25) is 4.65 Å². The van der Waals surface area contributed by atoms with Gasteiger partial charge in [0.2, 0.25) is 0 Å². The molecule has 0 amide bonds. The van der Waals surface area contributed by atoms with Gasteiger partial charge in [-0.2, -0.15) is 0 Å². The van der Waals surface area contributed by atoms with E-state index in [-0.39, 0.29) is 51.4 Å². The molecule has 0 saturated heterocycles. The molecule has 0 fully saturated rings.